The molecule has 1 fully saturated rings. The number of nitrogens with zero attached hydrogens (tertiary/aromatic N) is 2. The molecule has 0 atom stereocenters. The first-order valence-electron chi connectivity index (χ1n) is 8.98. The highest BCUT2D eigenvalue weighted by Gasteiger charge is 2.26. The fraction of sp³-hybridized carbons (Fsp3) is 0.350. The first kappa shape index (κ1) is 19.5. The molecule has 1 aliphatic heterocycles. The Morgan fingerprint density at radius 3 is 2.43 bits per heavy atom. The first-order valence-corrected chi connectivity index (χ1v) is 8.98. The minimum atomic E-state index is -0.610. The van der Waals surface area contributed by atoms with E-state index in [0.717, 1.165) is 5.56 Å². The number of piperazine rings is 1. The van der Waals surface area contributed by atoms with Crippen molar-refractivity contribution in [2.45, 2.75) is 6.92 Å². The molecule has 0 unspecified atom stereocenters. The SMILES string of the molecule is Cc1cccc(OCC(=O)OCC(=O)N2CCN(C(=O)c3ccco3)CC2)c1. The van der Waals surface area contributed by atoms with E-state index in [1.807, 2.05) is 25.1 Å². The largest absolute Gasteiger partial charge is 0.482 e. The van der Waals surface area contributed by atoms with Gasteiger partial charge in [-0.2, -0.15) is 0 Å². The van der Waals surface area contributed by atoms with Crippen molar-refractivity contribution in [2.75, 3.05) is 39.4 Å². The highest BCUT2D eigenvalue weighted by Crippen LogP contribution is 2.12. The van der Waals surface area contributed by atoms with Gasteiger partial charge in [0.1, 0.15) is 5.75 Å². The molecule has 0 N–H and O–H groups in total. The molecule has 8 heteroatoms. The zero-order valence-electron chi connectivity index (χ0n) is 15.6. The van der Waals surface area contributed by atoms with E-state index < -0.39 is 5.97 Å². The van der Waals surface area contributed by atoms with Crippen LogP contribution in [0.3, 0.4) is 0 Å². The van der Waals surface area contributed by atoms with E-state index in [4.69, 9.17) is 13.9 Å². The maximum absolute atomic E-state index is 12.2. The van der Waals surface area contributed by atoms with Crippen LogP contribution in [0.1, 0.15) is 16.1 Å². The summed E-state index contributed by atoms with van der Waals surface area (Å²) in [6, 6.07) is 10.6. The Hall–Kier alpha value is -3.29. The third kappa shape index (κ3) is 5.12. The molecule has 0 bridgehead atoms. The molecule has 1 aromatic carbocycles. The molecule has 1 aliphatic rings. The van der Waals surface area contributed by atoms with Crippen molar-refractivity contribution >= 4 is 17.8 Å². The van der Waals surface area contributed by atoms with Gasteiger partial charge in [0.15, 0.2) is 19.0 Å². The topological polar surface area (TPSA) is 89.3 Å². The van der Waals surface area contributed by atoms with E-state index in [1.165, 1.54) is 6.26 Å². The molecule has 0 saturated carbocycles. The van der Waals surface area contributed by atoms with Crippen LogP contribution in [0.4, 0.5) is 0 Å². The fourth-order valence-corrected chi connectivity index (χ4v) is 2.84. The average molecular weight is 386 g/mol. The van der Waals surface area contributed by atoms with E-state index in [2.05, 4.69) is 0 Å². The third-order valence-electron chi connectivity index (χ3n) is 4.35. The van der Waals surface area contributed by atoms with Gasteiger partial charge in [0.25, 0.3) is 11.8 Å². The zero-order valence-corrected chi connectivity index (χ0v) is 15.6. The van der Waals surface area contributed by atoms with Gasteiger partial charge in [0.2, 0.25) is 0 Å². The van der Waals surface area contributed by atoms with Crippen molar-refractivity contribution in [3.05, 3.63) is 54.0 Å². The van der Waals surface area contributed by atoms with E-state index >= 15 is 0 Å². The molecule has 148 valence electrons. The normalized spacial score (nSPS) is 13.9. The Kier molecular flexibility index (Phi) is 6.31. The number of rotatable bonds is 6. The Bertz CT molecular complexity index is 825. The molecular formula is C20H22N2O6. The molecule has 28 heavy (non-hydrogen) atoms. The van der Waals surface area contributed by atoms with E-state index in [-0.39, 0.29) is 30.8 Å². The van der Waals surface area contributed by atoms with Crippen LogP contribution in [-0.2, 0) is 14.3 Å². The number of ether oxygens (including phenoxy) is 2. The average Bonchev–Trinajstić information content (AvgIpc) is 3.25. The van der Waals surface area contributed by atoms with Crippen molar-refractivity contribution in [1.82, 2.24) is 9.80 Å². The number of benzene rings is 1. The number of carbonyl (C=O) groups is 3. The highest BCUT2D eigenvalue weighted by atomic mass is 16.6. The van der Waals surface area contributed by atoms with Crippen molar-refractivity contribution in [1.29, 1.82) is 0 Å². The van der Waals surface area contributed by atoms with Crippen LogP contribution in [0.2, 0.25) is 0 Å². The molecule has 2 amide bonds. The quantitative estimate of drug-likeness (QED) is 0.699. The van der Waals surface area contributed by atoms with E-state index in [1.54, 1.807) is 28.0 Å². The van der Waals surface area contributed by atoms with Crippen LogP contribution in [0, 0.1) is 6.92 Å². The molecule has 1 aromatic heterocycles. The molecule has 2 heterocycles. The van der Waals surface area contributed by atoms with Crippen molar-refractivity contribution in [3.63, 3.8) is 0 Å². The molecule has 2 aromatic rings. The summed E-state index contributed by atoms with van der Waals surface area (Å²) in [6.07, 6.45) is 1.45. The number of furan rings is 1. The van der Waals surface area contributed by atoms with Gasteiger partial charge < -0.3 is 23.7 Å². The number of amides is 2. The van der Waals surface area contributed by atoms with Crippen molar-refractivity contribution in [2.24, 2.45) is 0 Å². The van der Waals surface area contributed by atoms with Crippen LogP contribution >= 0.6 is 0 Å². The monoisotopic (exact) mass is 386 g/mol. The Morgan fingerprint density at radius 2 is 1.75 bits per heavy atom. The zero-order chi connectivity index (χ0) is 19.9. The summed E-state index contributed by atoms with van der Waals surface area (Å²) in [7, 11) is 0. The molecule has 0 radical (unpaired) electrons. The number of carbonyl (C=O) groups excluding carboxylic acids is 3. The number of esters is 1. The van der Waals surface area contributed by atoms with Crippen LogP contribution < -0.4 is 4.74 Å². The van der Waals surface area contributed by atoms with E-state index in [9.17, 15) is 14.4 Å². The summed E-state index contributed by atoms with van der Waals surface area (Å²) in [6.45, 7) is 2.87. The highest BCUT2D eigenvalue weighted by molar-refractivity contribution is 5.91. The van der Waals surface area contributed by atoms with Gasteiger partial charge in [-0.1, -0.05) is 12.1 Å². The summed E-state index contributed by atoms with van der Waals surface area (Å²) in [5.74, 6) is -0.254. The summed E-state index contributed by atoms with van der Waals surface area (Å²) in [4.78, 5) is 39.4. The lowest BCUT2D eigenvalue weighted by Gasteiger charge is -2.34. The predicted octanol–water partition coefficient (Wildman–Crippen LogP) is 1.49. The second-order valence-electron chi connectivity index (χ2n) is 6.42. The maximum Gasteiger partial charge on any atom is 0.344 e. The molecule has 3 rings (SSSR count). The van der Waals surface area contributed by atoms with Gasteiger partial charge in [-0.25, -0.2) is 4.79 Å². The van der Waals surface area contributed by atoms with Crippen LogP contribution in [-0.4, -0.2) is 67.0 Å². The smallest absolute Gasteiger partial charge is 0.344 e. The predicted molar refractivity (Wildman–Crippen MR) is 98.8 cm³/mol. The molecular weight excluding hydrogens is 364 g/mol. The van der Waals surface area contributed by atoms with Gasteiger partial charge in [0, 0.05) is 26.2 Å². The van der Waals surface area contributed by atoms with Gasteiger partial charge >= 0.3 is 5.97 Å². The Balaban J connectivity index is 1.37. The molecule has 0 spiro atoms. The molecule has 1 saturated heterocycles. The first-order chi connectivity index (χ1) is 13.5. The van der Waals surface area contributed by atoms with Gasteiger partial charge in [-0.05, 0) is 36.8 Å². The van der Waals surface area contributed by atoms with Crippen molar-refractivity contribution < 1.29 is 28.3 Å². The van der Waals surface area contributed by atoms with Crippen LogP contribution in [0.15, 0.2) is 47.1 Å². The Labute approximate surface area is 162 Å². The van der Waals surface area contributed by atoms with E-state index in [0.29, 0.717) is 31.9 Å². The number of hydrogen-bond acceptors (Lipinski definition) is 6. The van der Waals surface area contributed by atoms with Gasteiger partial charge in [-0.3, -0.25) is 9.59 Å². The van der Waals surface area contributed by atoms with Gasteiger partial charge in [-0.15, -0.1) is 0 Å². The minimum absolute atomic E-state index is 0.197. The molecule has 8 nitrogen and oxygen atoms in total. The van der Waals surface area contributed by atoms with Gasteiger partial charge in [0.05, 0.1) is 6.26 Å². The lowest BCUT2D eigenvalue weighted by atomic mass is 10.2. The van der Waals surface area contributed by atoms with Crippen molar-refractivity contribution in [3.8, 4) is 5.75 Å². The minimum Gasteiger partial charge on any atom is -0.482 e. The van der Waals surface area contributed by atoms with Crippen LogP contribution in [0.5, 0.6) is 5.75 Å². The number of aryl methyl sites for hydroxylation is 1. The van der Waals surface area contributed by atoms with Crippen LogP contribution in [0.25, 0.3) is 0 Å². The summed E-state index contributed by atoms with van der Waals surface area (Å²) in [5, 5.41) is 0. The lowest BCUT2D eigenvalue weighted by molar-refractivity contribution is -0.154. The summed E-state index contributed by atoms with van der Waals surface area (Å²) >= 11 is 0. The summed E-state index contributed by atoms with van der Waals surface area (Å²) < 4.78 is 15.4. The second kappa shape index (κ2) is 9.07. The third-order valence-corrected chi connectivity index (χ3v) is 4.35. The Morgan fingerprint density at radius 1 is 1.00 bits per heavy atom. The standard InChI is InChI=1S/C20H22N2O6/c1-15-4-2-5-16(12-15)27-14-19(24)28-13-18(23)21-7-9-22(10-8-21)20(25)17-6-3-11-26-17/h2-6,11-12H,7-10,13-14H2,1H3. The summed E-state index contributed by atoms with van der Waals surface area (Å²) in [5.41, 5.74) is 1.02. The fourth-order valence-electron chi connectivity index (χ4n) is 2.84. The number of hydrogen-bond donors (Lipinski definition) is 0. The lowest BCUT2D eigenvalue weighted by Crippen LogP contribution is -2.51. The molecule has 0 aliphatic carbocycles. The maximum atomic E-state index is 12.2. The second-order valence-corrected chi connectivity index (χ2v) is 6.42.